The Hall–Kier alpha value is -3.73. The zero-order valence-corrected chi connectivity index (χ0v) is 18.7. The molecule has 0 radical (unpaired) electrons. The number of likely N-dealkylation sites (tertiary alicyclic amines) is 1. The van der Waals surface area contributed by atoms with Gasteiger partial charge in [-0.25, -0.2) is 13.3 Å². The highest BCUT2D eigenvalue weighted by atomic mass is 19.1. The summed E-state index contributed by atoms with van der Waals surface area (Å²) >= 11 is 0. The average Bonchev–Trinajstić information content (AvgIpc) is 3.54. The van der Waals surface area contributed by atoms with Gasteiger partial charge in [-0.2, -0.15) is 10.4 Å². The number of aromatic nitrogens is 2. The normalized spacial score (nSPS) is 16.6. The van der Waals surface area contributed by atoms with Crippen LogP contribution in [0.15, 0.2) is 30.3 Å². The lowest BCUT2D eigenvalue weighted by molar-refractivity contribution is 0.0718. The Morgan fingerprint density at radius 2 is 1.59 bits per heavy atom. The van der Waals surface area contributed by atoms with Gasteiger partial charge in [0.15, 0.2) is 11.5 Å². The lowest BCUT2D eigenvalue weighted by Gasteiger charge is -2.25. The third-order valence-electron chi connectivity index (χ3n) is 7.10. The van der Waals surface area contributed by atoms with Crippen molar-refractivity contribution in [1.82, 2.24) is 14.5 Å². The number of carbonyl (C=O) groups excluding carboxylic acids is 1. The van der Waals surface area contributed by atoms with Crippen LogP contribution >= 0.6 is 0 Å². The third kappa shape index (κ3) is 3.18. The average molecular weight is 460 g/mol. The van der Waals surface area contributed by atoms with Crippen LogP contribution in [0.4, 0.5) is 14.5 Å². The van der Waals surface area contributed by atoms with E-state index in [-0.39, 0.29) is 22.7 Å². The topological polar surface area (TPSA) is 64.6 Å². The van der Waals surface area contributed by atoms with E-state index in [1.54, 1.807) is 11.0 Å². The number of halogens is 2. The lowest BCUT2D eigenvalue weighted by Crippen LogP contribution is -2.35. The molecular formula is C26H23F2N5O. The summed E-state index contributed by atoms with van der Waals surface area (Å²) in [6, 6.07) is 9.65. The molecule has 2 saturated heterocycles. The summed E-state index contributed by atoms with van der Waals surface area (Å²) in [6.07, 6.45) is 5.08. The zero-order valence-electron chi connectivity index (χ0n) is 18.7. The van der Waals surface area contributed by atoms with Crippen LogP contribution in [0.5, 0.6) is 0 Å². The molecule has 2 aliphatic rings. The van der Waals surface area contributed by atoms with Gasteiger partial charge in [-0.1, -0.05) is 0 Å². The van der Waals surface area contributed by atoms with E-state index in [4.69, 9.17) is 0 Å². The molecule has 0 saturated carbocycles. The minimum Gasteiger partial charge on any atom is -0.371 e. The molecule has 1 amide bonds. The Bertz CT molecular complexity index is 1510. The second-order valence-electron chi connectivity index (χ2n) is 9.19. The quantitative estimate of drug-likeness (QED) is 0.395. The van der Waals surface area contributed by atoms with Crippen LogP contribution in [-0.4, -0.2) is 46.6 Å². The Labute approximate surface area is 195 Å². The van der Waals surface area contributed by atoms with Crippen LogP contribution in [0.1, 0.15) is 48.2 Å². The minimum atomic E-state index is -0.655. The molecule has 2 aromatic carbocycles. The van der Waals surface area contributed by atoms with Gasteiger partial charge in [-0.3, -0.25) is 4.79 Å². The fraction of sp³-hybridized carbons (Fsp3) is 0.346. The number of fused-ring (bicyclic) bond motifs is 6. The standard InChI is InChI=1S/C26H23F2N5O/c27-21-13-19-18(10-16(21)15-29)20-11-17(31-6-4-5-7-31)12-22(28)25(20)33-24(19)14-23(30-33)26(34)32-8-2-1-3-9-32/h10-14H,1-9H2. The van der Waals surface area contributed by atoms with E-state index in [1.807, 2.05) is 12.1 Å². The SMILES string of the molecule is N#Cc1cc2c(cc1F)c1cc(C(=O)N3CCCCC3)nn1c1c(F)cc(N3CCCC3)cc21. The van der Waals surface area contributed by atoms with Gasteiger partial charge in [0.1, 0.15) is 17.4 Å². The number of hydrogen-bond donors (Lipinski definition) is 0. The molecule has 6 nitrogen and oxygen atoms in total. The molecule has 172 valence electrons. The van der Waals surface area contributed by atoms with Crippen molar-refractivity contribution >= 4 is 38.8 Å². The first-order valence-electron chi connectivity index (χ1n) is 11.8. The van der Waals surface area contributed by atoms with E-state index in [2.05, 4.69) is 10.00 Å². The van der Waals surface area contributed by atoms with Crippen molar-refractivity contribution in [3.63, 3.8) is 0 Å². The van der Waals surface area contributed by atoms with E-state index in [1.165, 1.54) is 22.7 Å². The maximum Gasteiger partial charge on any atom is 0.274 e. The van der Waals surface area contributed by atoms with Crippen LogP contribution < -0.4 is 4.90 Å². The lowest BCUT2D eigenvalue weighted by atomic mass is 10.0. The Kier molecular flexibility index (Phi) is 4.87. The highest BCUT2D eigenvalue weighted by molar-refractivity contribution is 6.14. The van der Waals surface area contributed by atoms with E-state index < -0.39 is 11.6 Å². The van der Waals surface area contributed by atoms with Crippen LogP contribution in [0.3, 0.4) is 0 Å². The van der Waals surface area contributed by atoms with Gasteiger partial charge in [-0.15, -0.1) is 0 Å². The van der Waals surface area contributed by atoms with Crippen molar-refractivity contribution in [2.24, 2.45) is 0 Å². The molecule has 6 rings (SSSR count). The molecule has 2 aromatic heterocycles. The highest BCUT2D eigenvalue weighted by Gasteiger charge is 2.24. The molecule has 4 aromatic rings. The zero-order chi connectivity index (χ0) is 23.4. The number of nitriles is 1. The number of anilines is 1. The van der Waals surface area contributed by atoms with Gasteiger partial charge >= 0.3 is 0 Å². The van der Waals surface area contributed by atoms with E-state index >= 15 is 4.39 Å². The number of amides is 1. The van der Waals surface area contributed by atoms with Crippen LogP contribution in [0.25, 0.3) is 27.2 Å². The van der Waals surface area contributed by atoms with Gasteiger partial charge in [0, 0.05) is 42.6 Å². The van der Waals surface area contributed by atoms with Gasteiger partial charge in [0.2, 0.25) is 0 Å². The molecule has 8 heteroatoms. The molecule has 4 heterocycles. The second kappa shape index (κ2) is 7.94. The fourth-order valence-electron chi connectivity index (χ4n) is 5.36. The first-order valence-corrected chi connectivity index (χ1v) is 11.8. The summed E-state index contributed by atoms with van der Waals surface area (Å²) in [4.78, 5) is 17.1. The summed E-state index contributed by atoms with van der Waals surface area (Å²) < 4.78 is 31.8. The molecule has 0 spiro atoms. The third-order valence-corrected chi connectivity index (χ3v) is 7.10. The van der Waals surface area contributed by atoms with E-state index in [0.29, 0.717) is 34.8 Å². The van der Waals surface area contributed by atoms with Gasteiger partial charge in [0.05, 0.1) is 11.1 Å². The van der Waals surface area contributed by atoms with Crippen molar-refractivity contribution in [3.8, 4) is 6.07 Å². The van der Waals surface area contributed by atoms with Crippen LogP contribution in [-0.2, 0) is 0 Å². The number of rotatable bonds is 2. The molecule has 0 atom stereocenters. The molecule has 34 heavy (non-hydrogen) atoms. The molecule has 0 aliphatic carbocycles. The summed E-state index contributed by atoms with van der Waals surface area (Å²) in [6.45, 7) is 3.03. The maximum absolute atomic E-state index is 15.7. The second-order valence-corrected chi connectivity index (χ2v) is 9.19. The van der Waals surface area contributed by atoms with Crippen molar-refractivity contribution < 1.29 is 13.6 Å². The van der Waals surface area contributed by atoms with E-state index in [9.17, 15) is 14.4 Å². The molecular weight excluding hydrogens is 436 g/mol. The molecule has 2 aliphatic heterocycles. The van der Waals surface area contributed by atoms with Gasteiger partial charge in [-0.05, 0) is 67.8 Å². The molecule has 0 bridgehead atoms. The summed E-state index contributed by atoms with van der Waals surface area (Å²) in [5, 5.41) is 15.5. The molecule has 2 fully saturated rings. The predicted octanol–water partition coefficient (Wildman–Crippen LogP) is 5.02. The van der Waals surface area contributed by atoms with Gasteiger partial charge < -0.3 is 9.80 Å². The predicted molar refractivity (Wildman–Crippen MR) is 126 cm³/mol. The Morgan fingerprint density at radius 1 is 0.853 bits per heavy atom. The molecule has 0 N–H and O–H groups in total. The first-order chi connectivity index (χ1) is 16.5. The van der Waals surface area contributed by atoms with Crippen molar-refractivity contribution in [2.75, 3.05) is 31.1 Å². The van der Waals surface area contributed by atoms with E-state index in [0.717, 1.165) is 50.9 Å². The largest absolute Gasteiger partial charge is 0.371 e. The highest BCUT2D eigenvalue weighted by Crippen LogP contribution is 2.36. The smallest absolute Gasteiger partial charge is 0.274 e. The van der Waals surface area contributed by atoms with Crippen LogP contribution in [0, 0.1) is 23.0 Å². The maximum atomic E-state index is 15.7. The van der Waals surface area contributed by atoms with Crippen molar-refractivity contribution in [3.05, 3.63) is 53.2 Å². The number of piperidine rings is 1. The summed E-state index contributed by atoms with van der Waals surface area (Å²) in [5.41, 5.74) is 1.53. The number of benzene rings is 2. The first kappa shape index (κ1) is 20.8. The summed E-state index contributed by atoms with van der Waals surface area (Å²) in [7, 11) is 0. The fourth-order valence-corrected chi connectivity index (χ4v) is 5.36. The number of pyridine rings is 1. The number of hydrogen-bond acceptors (Lipinski definition) is 4. The van der Waals surface area contributed by atoms with Gasteiger partial charge in [0.25, 0.3) is 5.91 Å². The van der Waals surface area contributed by atoms with Crippen LogP contribution in [0.2, 0.25) is 0 Å². The minimum absolute atomic E-state index is 0.103. The molecule has 0 unspecified atom stereocenters. The Morgan fingerprint density at radius 3 is 2.32 bits per heavy atom. The summed E-state index contributed by atoms with van der Waals surface area (Å²) in [5.74, 6) is -1.32. The number of carbonyl (C=O) groups is 1. The van der Waals surface area contributed by atoms with Crippen molar-refractivity contribution in [2.45, 2.75) is 32.1 Å². The Balaban J connectivity index is 1.65. The monoisotopic (exact) mass is 459 g/mol. The number of nitrogens with zero attached hydrogens (tertiary/aromatic N) is 5. The van der Waals surface area contributed by atoms with Crippen molar-refractivity contribution in [1.29, 1.82) is 5.26 Å².